The molecular formula is C14H21BrN2O. The predicted molar refractivity (Wildman–Crippen MR) is 78.8 cm³/mol. The number of nitrogens with zero attached hydrogens (tertiary/aromatic N) is 1. The molecule has 100 valence electrons. The smallest absolute Gasteiger partial charge is 0.0510 e. The molecule has 0 bridgehead atoms. The minimum Gasteiger partial charge on any atom is -0.396 e. The molecule has 1 aliphatic heterocycles. The molecule has 0 radical (unpaired) electrons. The summed E-state index contributed by atoms with van der Waals surface area (Å²) in [5, 5.41) is 9.16. The molecule has 3 nitrogen and oxygen atoms in total. The molecule has 1 atom stereocenters. The first-order valence-electron chi connectivity index (χ1n) is 6.52. The van der Waals surface area contributed by atoms with Crippen molar-refractivity contribution in [2.45, 2.75) is 25.8 Å². The molecule has 18 heavy (non-hydrogen) atoms. The van der Waals surface area contributed by atoms with Crippen molar-refractivity contribution in [1.82, 2.24) is 0 Å². The highest BCUT2D eigenvalue weighted by molar-refractivity contribution is 9.10. The van der Waals surface area contributed by atoms with Crippen LogP contribution < -0.4 is 10.6 Å². The van der Waals surface area contributed by atoms with Crippen molar-refractivity contribution in [2.24, 2.45) is 11.7 Å². The Labute approximate surface area is 117 Å². The Morgan fingerprint density at radius 3 is 2.61 bits per heavy atom. The largest absolute Gasteiger partial charge is 0.396 e. The number of rotatable bonds is 3. The lowest BCUT2D eigenvalue weighted by Gasteiger charge is -2.33. The Balaban J connectivity index is 2.10. The van der Waals surface area contributed by atoms with E-state index in [1.165, 1.54) is 5.69 Å². The van der Waals surface area contributed by atoms with E-state index in [1.54, 1.807) is 0 Å². The van der Waals surface area contributed by atoms with E-state index in [2.05, 4.69) is 39.0 Å². The number of piperidine rings is 1. The first-order chi connectivity index (χ1) is 8.61. The van der Waals surface area contributed by atoms with E-state index in [9.17, 15) is 0 Å². The van der Waals surface area contributed by atoms with Gasteiger partial charge in [-0.05, 0) is 59.3 Å². The fourth-order valence-corrected chi connectivity index (χ4v) is 3.07. The van der Waals surface area contributed by atoms with Crippen molar-refractivity contribution in [3.05, 3.63) is 28.2 Å². The molecule has 0 amide bonds. The minimum absolute atomic E-state index is 0.0653. The molecule has 0 aliphatic carbocycles. The average Bonchev–Trinajstić information content (AvgIpc) is 2.38. The lowest BCUT2D eigenvalue weighted by molar-refractivity contribution is 0.203. The van der Waals surface area contributed by atoms with Crippen molar-refractivity contribution in [1.29, 1.82) is 0 Å². The van der Waals surface area contributed by atoms with E-state index in [-0.39, 0.29) is 6.04 Å². The molecule has 2 rings (SSSR count). The van der Waals surface area contributed by atoms with Crippen LogP contribution in [0.2, 0.25) is 0 Å². The molecule has 1 heterocycles. The zero-order valence-electron chi connectivity index (χ0n) is 10.8. The second kappa shape index (κ2) is 6.04. The van der Waals surface area contributed by atoms with E-state index in [0.717, 1.165) is 36.0 Å². The molecule has 4 heteroatoms. The molecule has 0 spiro atoms. The highest BCUT2D eigenvalue weighted by Gasteiger charge is 2.20. The molecule has 0 saturated carbocycles. The zero-order valence-corrected chi connectivity index (χ0v) is 12.4. The summed E-state index contributed by atoms with van der Waals surface area (Å²) in [5.74, 6) is 0.475. The normalized spacial score (nSPS) is 19.0. The van der Waals surface area contributed by atoms with Crippen LogP contribution in [0.3, 0.4) is 0 Å². The number of benzene rings is 1. The monoisotopic (exact) mass is 312 g/mol. The number of halogens is 1. The van der Waals surface area contributed by atoms with Crippen molar-refractivity contribution in [2.75, 3.05) is 24.6 Å². The summed E-state index contributed by atoms with van der Waals surface area (Å²) in [7, 11) is 0. The Morgan fingerprint density at radius 2 is 2.11 bits per heavy atom. The quantitative estimate of drug-likeness (QED) is 0.902. The van der Waals surface area contributed by atoms with Crippen molar-refractivity contribution in [3.63, 3.8) is 0 Å². The maximum absolute atomic E-state index is 9.16. The van der Waals surface area contributed by atoms with Crippen molar-refractivity contribution < 1.29 is 5.11 Å². The number of nitrogens with two attached hydrogens (primary N) is 1. The number of hydrogen-bond donors (Lipinski definition) is 2. The van der Waals surface area contributed by atoms with E-state index >= 15 is 0 Å². The molecule has 3 N–H and O–H groups in total. The molecule has 1 fully saturated rings. The van der Waals surface area contributed by atoms with Crippen LogP contribution >= 0.6 is 15.9 Å². The minimum atomic E-state index is 0.0653. The summed E-state index contributed by atoms with van der Waals surface area (Å²) in [4.78, 5) is 2.38. The Hall–Kier alpha value is -0.580. The molecule has 1 aliphatic rings. The Bertz CT molecular complexity index is 401. The number of hydrogen-bond acceptors (Lipinski definition) is 3. The van der Waals surface area contributed by atoms with Crippen LogP contribution in [-0.2, 0) is 0 Å². The Kier molecular flexibility index (Phi) is 4.65. The number of aliphatic hydroxyl groups is 1. The van der Waals surface area contributed by atoms with Crippen LogP contribution in [0, 0.1) is 5.92 Å². The van der Waals surface area contributed by atoms with E-state index in [0.29, 0.717) is 12.5 Å². The van der Waals surface area contributed by atoms with Gasteiger partial charge in [0.15, 0.2) is 0 Å². The Morgan fingerprint density at radius 1 is 1.44 bits per heavy atom. The lowest BCUT2D eigenvalue weighted by Crippen LogP contribution is -2.34. The molecular weight excluding hydrogens is 292 g/mol. The fourth-order valence-electron chi connectivity index (χ4n) is 2.42. The molecule has 0 aromatic heterocycles. The van der Waals surface area contributed by atoms with Crippen LogP contribution in [0.15, 0.2) is 22.7 Å². The summed E-state index contributed by atoms with van der Waals surface area (Å²) in [6, 6.07) is 6.42. The van der Waals surface area contributed by atoms with E-state index in [4.69, 9.17) is 10.8 Å². The molecule has 1 aromatic carbocycles. The third-order valence-corrected chi connectivity index (χ3v) is 4.35. The first-order valence-corrected chi connectivity index (χ1v) is 7.32. The second-order valence-electron chi connectivity index (χ2n) is 5.11. The third-order valence-electron chi connectivity index (χ3n) is 3.71. The van der Waals surface area contributed by atoms with Crippen LogP contribution in [0.4, 0.5) is 5.69 Å². The third kappa shape index (κ3) is 3.05. The summed E-state index contributed by atoms with van der Waals surface area (Å²) in [6.07, 6.45) is 2.13. The van der Waals surface area contributed by atoms with Gasteiger partial charge in [-0.2, -0.15) is 0 Å². The van der Waals surface area contributed by atoms with Gasteiger partial charge < -0.3 is 15.7 Å². The predicted octanol–water partition coefficient (Wildman–Crippen LogP) is 2.68. The highest BCUT2D eigenvalue weighted by Crippen LogP contribution is 2.31. The molecule has 1 saturated heterocycles. The summed E-state index contributed by atoms with van der Waals surface area (Å²) >= 11 is 3.64. The van der Waals surface area contributed by atoms with Gasteiger partial charge in [0.25, 0.3) is 0 Å². The van der Waals surface area contributed by atoms with Crippen LogP contribution in [0.25, 0.3) is 0 Å². The first kappa shape index (κ1) is 13.8. The summed E-state index contributed by atoms with van der Waals surface area (Å²) < 4.78 is 1.11. The van der Waals surface area contributed by atoms with Crippen molar-refractivity contribution >= 4 is 21.6 Å². The van der Waals surface area contributed by atoms with Gasteiger partial charge >= 0.3 is 0 Å². The van der Waals surface area contributed by atoms with Gasteiger partial charge in [-0.15, -0.1) is 0 Å². The standard InChI is InChI=1S/C14H21BrN2O/c1-10(16)12-2-3-14(13(15)8-12)17-6-4-11(9-18)5-7-17/h2-3,8,10-11,18H,4-7,9,16H2,1H3. The van der Waals surface area contributed by atoms with Gasteiger partial charge in [0.1, 0.15) is 0 Å². The van der Waals surface area contributed by atoms with Crippen LogP contribution in [0.1, 0.15) is 31.4 Å². The van der Waals surface area contributed by atoms with Gasteiger partial charge in [0, 0.05) is 30.2 Å². The van der Waals surface area contributed by atoms with Crippen molar-refractivity contribution in [3.8, 4) is 0 Å². The topological polar surface area (TPSA) is 49.5 Å². The molecule has 1 unspecified atom stereocenters. The zero-order chi connectivity index (χ0) is 13.1. The van der Waals surface area contributed by atoms with Gasteiger partial charge in [-0.3, -0.25) is 0 Å². The SMILES string of the molecule is CC(N)c1ccc(N2CCC(CO)CC2)c(Br)c1. The molecule has 1 aromatic rings. The summed E-state index contributed by atoms with van der Waals surface area (Å²) in [5.41, 5.74) is 8.27. The maximum atomic E-state index is 9.16. The average molecular weight is 313 g/mol. The fraction of sp³-hybridized carbons (Fsp3) is 0.571. The van der Waals surface area contributed by atoms with Gasteiger partial charge in [0.2, 0.25) is 0 Å². The van der Waals surface area contributed by atoms with Crippen LogP contribution in [-0.4, -0.2) is 24.8 Å². The van der Waals surface area contributed by atoms with E-state index in [1.807, 2.05) is 6.92 Å². The van der Waals surface area contributed by atoms with Crippen LogP contribution in [0.5, 0.6) is 0 Å². The van der Waals surface area contributed by atoms with E-state index < -0.39 is 0 Å². The number of anilines is 1. The lowest BCUT2D eigenvalue weighted by atomic mass is 9.97. The highest BCUT2D eigenvalue weighted by atomic mass is 79.9. The summed E-state index contributed by atoms with van der Waals surface area (Å²) in [6.45, 7) is 4.34. The second-order valence-corrected chi connectivity index (χ2v) is 5.97. The number of aliphatic hydroxyl groups excluding tert-OH is 1. The van der Waals surface area contributed by atoms with Gasteiger partial charge in [0.05, 0.1) is 5.69 Å². The van der Waals surface area contributed by atoms with Gasteiger partial charge in [-0.1, -0.05) is 6.07 Å². The maximum Gasteiger partial charge on any atom is 0.0510 e. The van der Waals surface area contributed by atoms with Gasteiger partial charge in [-0.25, -0.2) is 0 Å².